The van der Waals surface area contributed by atoms with Gasteiger partial charge in [-0.2, -0.15) is 0 Å². The quantitative estimate of drug-likeness (QED) is 0.831. The predicted molar refractivity (Wildman–Crippen MR) is 78.1 cm³/mol. The van der Waals surface area contributed by atoms with Gasteiger partial charge in [0.25, 0.3) is 0 Å². The highest BCUT2D eigenvalue weighted by Crippen LogP contribution is 2.21. The van der Waals surface area contributed by atoms with Gasteiger partial charge in [-0.3, -0.25) is 4.57 Å². The maximum absolute atomic E-state index is 5.56. The fraction of sp³-hybridized carbons (Fsp3) is 0.429. The van der Waals surface area contributed by atoms with E-state index in [1.54, 1.807) is 0 Å². The number of benzene rings is 1. The Balaban J connectivity index is 2.30. The minimum absolute atomic E-state index is 0.676. The molecule has 0 aliphatic heterocycles. The number of nitrogens with zero attached hydrogens (tertiary/aromatic N) is 3. The molecule has 0 aliphatic rings. The second-order valence-corrected chi connectivity index (χ2v) is 4.36. The molecule has 2 aromatic rings. The molecule has 0 bridgehead atoms. The number of hydrogen-bond donors (Lipinski definition) is 2. The van der Waals surface area contributed by atoms with Crippen LogP contribution in [-0.4, -0.2) is 27.9 Å². The van der Waals surface area contributed by atoms with Crippen molar-refractivity contribution in [1.29, 1.82) is 0 Å². The van der Waals surface area contributed by atoms with E-state index in [9.17, 15) is 0 Å². The summed E-state index contributed by atoms with van der Waals surface area (Å²) >= 11 is 0. The van der Waals surface area contributed by atoms with Crippen LogP contribution >= 0.6 is 0 Å². The molecule has 1 aromatic heterocycles. The van der Waals surface area contributed by atoms with Crippen molar-refractivity contribution in [3.05, 3.63) is 29.8 Å². The van der Waals surface area contributed by atoms with Crippen LogP contribution in [0.4, 0.5) is 5.95 Å². The van der Waals surface area contributed by atoms with Gasteiger partial charge in [-0.15, -0.1) is 10.2 Å². The maximum Gasteiger partial charge on any atom is 0.224 e. The second-order valence-electron chi connectivity index (χ2n) is 4.36. The van der Waals surface area contributed by atoms with Crippen LogP contribution in [0.3, 0.4) is 0 Å². The van der Waals surface area contributed by atoms with Gasteiger partial charge in [0, 0.05) is 18.7 Å². The molecule has 0 unspecified atom stereocenters. The fourth-order valence-electron chi connectivity index (χ4n) is 2.09. The number of anilines is 1. The Morgan fingerprint density at radius 3 is 2.47 bits per heavy atom. The molecular formula is C14H21N5. The summed E-state index contributed by atoms with van der Waals surface area (Å²) in [7, 11) is 0. The summed E-state index contributed by atoms with van der Waals surface area (Å²) < 4.78 is 2.08. The number of aromatic nitrogens is 3. The Kier molecular flexibility index (Phi) is 4.52. The Morgan fingerprint density at radius 1 is 1.16 bits per heavy atom. The molecule has 0 amide bonds. The summed E-state index contributed by atoms with van der Waals surface area (Å²) in [6, 6.07) is 8.36. The van der Waals surface area contributed by atoms with Crippen LogP contribution in [0.15, 0.2) is 24.3 Å². The third kappa shape index (κ3) is 2.93. The smallest absolute Gasteiger partial charge is 0.224 e. The molecule has 19 heavy (non-hydrogen) atoms. The van der Waals surface area contributed by atoms with Gasteiger partial charge < -0.3 is 11.1 Å². The van der Waals surface area contributed by atoms with E-state index < -0.39 is 0 Å². The zero-order valence-corrected chi connectivity index (χ0v) is 11.6. The first kappa shape index (κ1) is 13.5. The lowest BCUT2D eigenvalue weighted by Gasteiger charge is -2.08. The van der Waals surface area contributed by atoms with Crippen molar-refractivity contribution in [3.8, 4) is 11.4 Å². The van der Waals surface area contributed by atoms with E-state index in [2.05, 4.69) is 58.2 Å². The second kappa shape index (κ2) is 6.33. The molecule has 5 heteroatoms. The first-order valence-electron chi connectivity index (χ1n) is 6.76. The summed E-state index contributed by atoms with van der Waals surface area (Å²) in [6.45, 7) is 6.50. The van der Waals surface area contributed by atoms with E-state index in [1.165, 1.54) is 5.56 Å². The van der Waals surface area contributed by atoms with E-state index in [0.717, 1.165) is 36.8 Å². The SMILES string of the molecule is CCNc1nnc(-c2ccc(CCN)cc2)n1CC. The Labute approximate surface area is 113 Å². The summed E-state index contributed by atoms with van der Waals surface area (Å²) in [5.41, 5.74) is 7.89. The topological polar surface area (TPSA) is 68.8 Å². The van der Waals surface area contributed by atoms with Crippen molar-refractivity contribution < 1.29 is 0 Å². The molecule has 0 fully saturated rings. The van der Waals surface area contributed by atoms with Gasteiger partial charge in [0.15, 0.2) is 5.82 Å². The van der Waals surface area contributed by atoms with Crippen LogP contribution in [0.1, 0.15) is 19.4 Å². The van der Waals surface area contributed by atoms with Crippen LogP contribution in [-0.2, 0) is 13.0 Å². The Morgan fingerprint density at radius 2 is 1.89 bits per heavy atom. The van der Waals surface area contributed by atoms with E-state index in [1.807, 2.05) is 0 Å². The van der Waals surface area contributed by atoms with Gasteiger partial charge in [-0.1, -0.05) is 24.3 Å². The highest BCUT2D eigenvalue weighted by Gasteiger charge is 2.11. The predicted octanol–water partition coefficient (Wildman–Crippen LogP) is 1.90. The highest BCUT2D eigenvalue weighted by atomic mass is 15.3. The minimum atomic E-state index is 0.676. The highest BCUT2D eigenvalue weighted by molar-refractivity contribution is 5.57. The van der Waals surface area contributed by atoms with Crippen molar-refractivity contribution in [3.63, 3.8) is 0 Å². The van der Waals surface area contributed by atoms with Crippen molar-refractivity contribution in [2.75, 3.05) is 18.4 Å². The lowest BCUT2D eigenvalue weighted by molar-refractivity contribution is 0.770. The van der Waals surface area contributed by atoms with E-state index in [-0.39, 0.29) is 0 Å². The summed E-state index contributed by atoms with van der Waals surface area (Å²) in [4.78, 5) is 0. The van der Waals surface area contributed by atoms with Crippen LogP contribution < -0.4 is 11.1 Å². The molecule has 1 aromatic carbocycles. The molecule has 0 aliphatic carbocycles. The van der Waals surface area contributed by atoms with Gasteiger partial charge in [0.05, 0.1) is 0 Å². The third-order valence-corrected chi connectivity index (χ3v) is 3.05. The molecule has 0 saturated heterocycles. The van der Waals surface area contributed by atoms with Gasteiger partial charge in [-0.25, -0.2) is 0 Å². The monoisotopic (exact) mass is 259 g/mol. The average molecular weight is 259 g/mol. The van der Waals surface area contributed by atoms with E-state index in [0.29, 0.717) is 6.54 Å². The normalized spacial score (nSPS) is 10.7. The summed E-state index contributed by atoms with van der Waals surface area (Å²) in [5, 5.41) is 11.7. The maximum atomic E-state index is 5.56. The molecule has 0 saturated carbocycles. The lowest BCUT2D eigenvalue weighted by atomic mass is 10.1. The van der Waals surface area contributed by atoms with Crippen LogP contribution in [0.5, 0.6) is 0 Å². The van der Waals surface area contributed by atoms with Gasteiger partial charge in [0.2, 0.25) is 5.95 Å². The largest absolute Gasteiger partial charge is 0.355 e. The minimum Gasteiger partial charge on any atom is -0.355 e. The van der Waals surface area contributed by atoms with Crippen molar-refractivity contribution in [2.45, 2.75) is 26.8 Å². The Bertz CT molecular complexity index is 515. The molecule has 2 rings (SSSR count). The van der Waals surface area contributed by atoms with E-state index >= 15 is 0 Å². The molecule has 0 atom stereocenters. The molecule has 3 N–H and O–H groups in total. The Hall–Kier alpha value is -1.88. The molecule has 102 valence electrons. The molecule has 0 radical (unpaired) electrons. The fourth-order valence-corrected chi connectivity index (χ4v) is 2.09. The summed E-state index contributed by atoms with van der Waals surface area (Å²) in [5.74, 6) is 1.73. The zero-order valence-electron chi connectivity index (χ0n) is 11.6. The molecule has 5 nitrogen and oxygen atoms in total. The number of nitrogens with one attached hydrogen (secondary N) is 1. The first-order valence-corrected chi connectivity index (χ1v) is 6.76. The molecule has 0 spiro atoms. The van der Waals surface area contributed by atoms with Gasteiger partial charge in [0.1, 0.15) is 0 Å². The van der Waals surface area contributed by atoms with Gasteiger partial charge in [-0.05, 0) is 32.4 Å². The third-order valence-electron chi connectivity index (χ3n) is 3.05. The molecular weight excluding hydrogens is 238 g/mol. The molecule has 1 heterocycles. The number of rotatable bonds is 6. The van der Waals surface area contributed by atoms with Crippen molar-refractivity contribution in [2.24, 2.45) is 5.73 Å². The number of hydrogen-bond acceptors (Lipinski definition) is 4. The standard InChI is InChI=1S/C14H21N5/c1-3-16-14-18-17-13(19(14)4-2)12-7-5-11(6-8-12)9-10-15/h5-8H,3-4,9-10,15H2,1-2H3,(H,16,18). The lowest BCUT2D eigenvalue weighted by Crippen LogP contribution is -2.07. The average Bonchev–Trinajstić information content (AvgIpc) is 2.83. The van der Waals surface area contributed by atoms with E-state index in [4.69, 9.17) is 5.73 Å². The van der Waals surface area contributed by atoms with Crippen LogP contribution in [0.25, 0.3) is 11.4 Å². The van der Waals surface area contributed by atoms with Crippen molar-refractivity contribution >= 4 is 5.95 Å². The first-order chi connectivity index (χ1) is 9.30. The number of nitrogens with two attached hydrogens (primary N) is 1. The van der Waals surface area contributed by atoms with Gasteiger partial charge >= 0.3 is 0 Å². The zero-order chi connectivity index (χ0) is 13.7. The van der Waals surface area contributed by atoms with Crippen LogP contribution in [0.2, 0.25) is 0 Å². The van der Waals surface area contributed by atoms with Crippen LogP contribution in [0, 0.1) is 0 Å². The summed E-state index contributed by atoms with van der Waals surface area (Å²) in [6.07, 6.45) is 0.906. The van der Waals surface area contributed by atoms with Crippen molar-refractivity contribution in [1.82, 2.24) is 14.8 Å².